The molecule has 0 amide bonds. The summed E-state index contributed by atoms with van der Waals surface area (Å²) in [5.41, 5.74) is 3.23. The lowest BCUT2D eigenvalue weighted by molar-refractivity contribution is -0.0700. The quantitative estimate of drug-likeness (QED) is 0.502. The summed E-state index contributed by atoms with van der Waals surface area (Å²) in [6, 6.07) is 22.6. The van der Waals surface area contributed by atoms with Crippen molar-refractivity contribution in [2.45, 2.75) is 35.2 Å². The Balaban J connectivity index is 1.53. The first-order valence-corrected chi connectivity index (χ1v) is 11.4. The largest absolute Gasteiger partial charge is 0.395 e. The fraction of sp³-hybridized carbons (Fsp3) is 0.304. The van der Waals surface area contributed by atoms with Gasteiger partial charge in [-0.15, -0.1) is 23.1 Å². The van der Waals surface area contributed by atoms with Crippen molar-refractivity contribution in [3.8, 4) is 10.4 Å². The molecule has 0 spiro atoms. The maximum Gasteiger partial charge on any atom is 0.108 e. The number of rotatable bonds is 5. The van der Waals surface area contributed by atoms with Crippen LogP contribution in [0, 0.1) is 0 Å². The van der Waals surface area contributed by atoms with Gasteiger partial charge in [-0.05, 0) is 28.8 Å². The molecular formula is C23H24O4S2. The van der Waals surface area contributed by atoms with Crippen molar-refractivity contribution in [3.63, 3.8) is 0 Å². The Labute approximate surface area is 178 Å². The van der Waals surface area contributed by atoms with Gasteiger partial charge in [0.05, 0.1) is 29.3 Å². The summed E-state index contributed by atoms with van der Waals surface area (Å²) in [5, 5.41) is 39.3. The van der Waals surface area contributed by atoms with Crippen LogP contribution in [0.1, 0.15) is 21.3 Å². The second kappa shape index (κ2) is 9.00. The highest BCUT2D eigenvalue weighted by Crippen LogP contribution is 2.43. The number of hydrogen-bond donors (Lipinski definition) is 4. The second-order valence-corrected chi connectivity index (χ2v) is 9.86. The van der Waals surface area contributed by atoms with E-state index in [0.717, 1.165) is 17.5 Å². The zero-order valence-corrected chi connectivity index (χ0v) is 17.4. The lowest BCUT2D eigenvalue weighted by atomic mass is 9.95. The van der Waals surface area contributed by atoms with E-state index in [2.05, 4.69) is 30.3 Å². The molecule has 0 radical (unpaired) electrons. The molecule has 152 valence electrons. The molecule has 1 saturated heterocycles. The topological polar surface area (TPSA) is 80.9 Å². The predicted octanol–water partition coefficient (Wildman–Crippen LogP) is 3.24. The number of aliphatic hydroxyl groups is 4. The standard InChI is InChI=1S/C23H24O4S2/c24-13-19-20(25)21(26)22(27)23(29-19)16-8-4-5-14(11-16)12-17-9-10-18(28-17)15-6-2-1-3-7-15/h1-11,19-27H,12-13H2/t19-,20-,21+,22-,23+/m1/s1. The third-order valence-corrected chi connectivity index (χ3v) is 8.03. The minimum absolute atomic E-state index is 0.247. The normalized spacial score (nSPS) is 27.1. The summed E-state index contributed by atoms with van der Waals surface area (Å²) in [5.74, 6) is 0. The number of thiophene rings is 1. The van der Waals surface area contributed by atoms with Gasteiger partial charge in [0, 0.05) is 16.2 Å². The molecule has 29 heavy (non-hydrogen) atoms. The van der Waals surface area contributed by atoms with Crippen LogP contribution in [0.4, 0.5) is 0 Å². The van der Waals surface area contributed by atoms with E-state index >= 15 is 0 Å². The van der Waals surface area contributed by atoms with Crippen molar-refractivity contribution in [3.05, 3.63) is 82.7 Å². The van der Waals surface area contributed by atoms with Crippen molar-refractivity contribution in [2.24, 2.45) is 0 Å². The van der Waals surface area contributed by atoms with Crippen molar-refractivity contribution >= 4 is 23.1 Å². The molecule has 3 aromatic rings. The number of thioether (sulfide) groups is 1. The summed E-state index contributed by atoms with van der Waals surface area (Å²) in [6.07, 6.45) is -2.71. The van der Waals surface area contributed by atoms with E-state index < -0.39 is 28.8 Å². The van der Waals surface area contributed by atoms with Crippen LogP contribution in [-0.4, -0.2) is 50.6 Å². The minimum Gasteiger partial charge on any atom is -0.395 e. The summed E-state index contributed by atoms with van der Waals surface area (Å²) in [4.78, 5) is 2.49. The van der Waals surface area contributed by atoms with Crippen molar-refractivity contribution in [2.75, 3.05) is 6.61 Å². The Kier molecular flexibility index (Phi) is 6.39. The predicted molar refractivity (Wildman–Crippen MR) is 118 cm³/mol. The van der Waals surface area contributed by atoms with Crippen molar-refractivity contribution < 1.29 is 20.4 Å². The van der Waals surface area contributed by atoms with Crippen LogP contribution in [0.5, 0.6) is 0 Å². The van der Waals surface area contributed by atoms with Crippen molar-refractivity contribution in [1.29, 1.82) is 0 Å². The maximum atomic E-state index is 10.5. The number of benzene rings is 2. The first-order chi connectivity index (χ1) is 14.1. The summed E-state index contributed by atoms with van der Waals surface area (Å²) < 4.78 is 0. The van der Waals surface area contributed by atoms with Gasteiger partial charge in [-0.1, -0.05) is 54.6 Å². The molecule has 0 aliphatic carbocycles. The molecule has 4 nitrogen and oxygen atoms in total. The van der Waals surface area contributed by atoms with Crippen LogP contribution < -0.4 is 0 Å². The fourth-order valence-electron chi connectivity index (χ4n) is 3.69. The number of hydrogen-bond acceptors (Lipinski definition) is 6. The van der Waals surface area contributed by atoms with Crippen molar-refractivity contribution in [1.82, 2.24) is 0 Å². The van der Waals surface area contributed by atoms with Gasteiger partial charge in [-0.2, -0.15) is 0 Å². The van der Waals surface area contributed by atoms with E-state index in [4.69, 9.17) is 0 Å². The second-order valence-electron chi connectivity index (χ2n) is 7.30. The minimum atomic E-state index is -1.27. The average molecular weight is 429 g/mol. The zero-order chi connectivity index (χ0) is 20.4. The van der Waals surface area contributed by atoms with Crippen LogP contribution in [0.3, 0.4) is 0 Å². The SMILES string of the molecule is OC[C@H]1S[C@@H](c2cccc(Cc3ccc(-c4ccccc4)s3)c2)[C@H](O)[C@@H](O)[C@@H]1O. The highest BCUT2D eigenvalue weighted by atomic mass is 32.2. The molecule has 0 bridgehead atoms. The highest BCUT2D eigenvalue weighted by molar-refractivity contribution is 8.00. The third-order valence-electron chi connectivity index (χ3n) is 5.27. The van der Waals surface area contributed by atoms with Crippen LogP contribution >= 0.6 is 23.1 Å². The van der Waals surface area contributed by atoms with Gasteiger partial charge in [0.25, 0.3) is 0 Å². The molecule has 4 rings (SSSR count). The van der Waals surface area contributed by atoms with Crippen LogP contribution in [0.15, 0.2) is 66.7 Å². The third kappa shape index (κ3) is 4.43. The van der Waals surface area contributed by atoms with Gasteiger partial charge in [-0.25, -0.2) is 0 Å². The van der Waals surface area contributed by atoms with Gasteiger partial charge < -0.3 is 20.4 Å². The molecule has 2 aromatic carbocycles. The molecule has 1 aromatic heterocycles. The van der Waals surface area contributed by atoms with Crippen LogP contribution in [0.25, 0.3) is 10.4 Å². The van der Waals surface area contributed by atoms with Gasteiger partial charge in [-0.3, -0.25) is 0 Å². The molecule has 1 aliphatic rings. The Morgan fingerprint density at radius 3 is 2.34 bits per heavy atom. The molecule has 1 fully saturated rings. The molecule has 6 heteroatoms. The summed E-state index contributed by atoms with van der Waals surface area (Å²) >= 11 is 3.08. The Bertz CT molecular complexity index is 941. The lowest BCUT2D eigenvalue weighted by Gasteiger charge is -2.39. The highest BCUT2D eigenvalue weighted by Gasteiger charge is 2.43. The monoisotopic (exact) mass is 428 g/mol. The van der Waals surface area contributed by atoms with Gasteiger partial charge >= 0.3 is 0 Å². The molecule has 5 atom stereocenters. The lowest BCUT2D eigenvalue weighted by Crippen LogP contribution is -2.51. The average Bonchev–Trinajstić information content (AvgIpc) is 3.22. The molecular weight excluding hydrogens is 404 g/mol. The smallest absolute Gasteiger partial charge is 0.108 e. The molecule has 4 N–H and O–H groups in total. The molecule has 1 aliphatic heterocycles. The van der Waals surface area contributed by atoms with E-state index in [-0.39, 0.29) is 6.61 Å². The van der Waals surface area contributed by atoms with E-state index in [9.17, 15) is 20.4 Å². The fourth-order valence-corrected chi connectivity index (χ4v) is 6.15. The van der Waals surface area contributed by atoms with E-state index in [1.165, 1.54) is 27.1 Å². The van der Waals surface area contributed by atoms with Gasteiger partial charge in [0.1, 0.15) is 6.10 Å². The van der Waals surface area contributed by atoms with Gasteiger partial charge in [0.2, 0.25) is 0 Å². The van der Waals surface area contributed by atoms with E-state index in [0.29, 0.717) is 0 Å². The Hall–Kier alpha value is -1.67. The molecule has 0 unspecified atom stereocenters. The van der Waals surface area contributed by atoms with Crippen LogP contribution in [0.2, 0.25) is 0 Å². The molecule has 2 heterocycles. The molecule has 0 saturated carbocycles. The Morgan fingerprint density at radius 1 is 0.793 bits per heavy atom. The first kappa shape index (κ1) is 20.6. The van der Waals surface area contributed by atoms with Crippen LogP contribution in [-0.2, 0) is 6.42 Å². The first-order valence-electron chi connectivity index (χ1n) is 9.60. The maximum absolute atomic E-state index is 10.5. The number of aliphatic hydroxyl groups excluding tert-OH is 4. The van der Waals surface area contributed by atoms with Gasteiger partial charge in [0.15, 0.2) is 0 Å². The zero-order valence-electron chi connectivity index (χ0n) is 15.8. The summed E-state index contributed by atoms with van der Waals surface area (Å²) in [6.45, 7) is -0.247. The van der Waals surface area contributed by atoms with E-state index in [1.54, 1.807) is 11.3 Å². The van der Waals surface area contributed by atoms with E-state index in [1.807, 2.05) is 36.4 Å². The summed E-state index contributed by atoms with van der Waals surface area (Å²) in [7, 11) is 0. The Morgan fingerprint density at radius 2 is 1.59 bits per heavy atom.